The number of rotatable bonds is 6. The average molecular weight is 619 g/mol. The molecular weight excluding hydrogens is 582 g/mol. The summed E-state index contributed by atoms with van der Waals surface area (Å²) < 4.78 is 52.9. The Balaban J connectivity index is 1.23. The summed E-state index contributed by atoms with van der Waals surface area (Å²) in [5, 5.41) is 1.49. The minimum Gasteiger partial charge on any atom is -0.461 e. The largest absolute Gasteiger partial charge is 0.461 e. The van der Waals surface area contributed by atoms with Crippen molar-refractivity contribution in [3.05, 3.63) is 54.2 Å². The van der Waals surface area contributed by atoms with E-state index >= 15 is 8.78 Å². The van der Waals surface area contributed by atoms with Crippen LogP contribution in [0.5, 0.6) is 6.01 Å². The van der Waals surface area contributed by atoms with Gasteiger partial charge in [0.15, 0.2) is 5.82 Å². The normalized spacial score (nSPS) is 24.0. The predicted octanol–water partition coefficient (Wildman–Crippen LogP) is 5.47. The van der Waals surface area contributed by atoms with Gasteiger partial charge in [0.1, 0.15) is 29.5 Å². The maximum Gasteiger partial charge on any atom is 0.319 e. The Morgan fingerprint density at radius 3 is 2.59 bits per heavy atom. The molecule has 2 aromatic heterocycles. The van der Waals surface area contributed by atoms with Crippen molar-refractivity contribution in [2.45, 2.75) is 56.5 Å². The monoisotopic (exact) mass is 618 g/mol. The highest BCUT2D eigenvalue weighted by atomic mass is 32.2. The zero-order chi connectivity index (χ0) is 29.8. The number of benzene rings is 2. The first-order chi connectivity index (χ1) is 21.5. The highest BCUT2D eigenvalue weighted by Crippen LogP contribution is 2.40. The summed E-state index contributed by atoms with van der Waals surface area (Å²) in [5.41, 5.74) is 0.520. The summed E-state index contributed by atoms with van der Waals surface area (Å²) >= 11 is 0. The molecule has 0 N–H and O–H groups in total. The third-order valence-electron chi connectivity index (χ3n) is 10.1. The van der Waals surface area contributed by atoms with Gasteiger partial charge in [-0.1, -0.05) is 30.3 Å². The second-order valence-electron chi connectivity index (χ2n) is 12.6. The molecule has 6 heterocycles. The zero-order valence-electron chi connectivity index (χ0n) is 24.7. The molecule has 0 amide bonds. The molecule has 0 bridgehead atoms. The van der Waals surface area contributed by atoms with Gasteiger partial charge in [0.05, 0.1) is 21.9 Å². The lowest BCUT2D eigenvalue weighted by Gasteiger charge is -2.37. The van der Waals surface area contributed by atoms with Gasteiger partial charge in [-0.3, -0.25) is 9.88 Å². The Morgan fingerprint density at radius 2 is 1.80 bits per heavy atom. The molecule has 4 aliphatic heterocycles. The average Bonchev–Trinajstić information content (AvgIpc) is 3.76. The van der Waals surface area contributed by atoms with Crippen LogP contribution in [0.1, 0.15) is 44.9 Å². The predicted molar refractivity (Wildman–Crippen MR) is 168 cm³/mol. The maximum atomic E-state index is 16.7. The molecule has 11 heteroatoms. The first kappa shape index (κ1) is 28.2. The van der Waals surface area contributed by atoms with Crippen molar-refractivity contribution in [1.29, 1.82) is 0 Å². The van der Waals surface area contributed by atoms with E-state index in [4.69, 9.17) is 9.72 Å². The summed E-state index contributed by atoms with van der Waals surface area (Å²) in [4.78, 5) is 18.8. The quantitative estimate of drug-likeness (QED) is 0.284. The lowest BCUT2D eigenvalue weighted by atomic mass is 9.95. The molecule has 4 saturated heterocycles. The van der Waals surface area contributed by atoms with Crippen molar-refractivity contribution in [2.24, 2.45) is 0 Å². The Bertz CT molecular complexity index is 1760. The van der Waals surface area contributed by atoms with Crippen molar-refractivity contribution in [2.75, 3.05) is 50.0 Å². The van der Waals surface area contributed by atoms with Gasteiger partial charge in [-0.15, -0.1) is 0 Å². The molecular formula is C33H36F2N6O2S. The molecule has 2 unspecified atom stereocenters. The summed E-state index contributed by atoms with van der Waals surface area (Å²) in [6.45, 7) is 4.80. The molecule has 230 valence electrons. The molecule has 8 rings (SSSR count). The number of anilines is 1. The van der Waals surface area contributed by atoms with Crippen molar-refractivity contribution >= 4 is 38.5 Å². The van der Waals surface area contributed by atoms with Crippen LogP contribution in [0.4, 0.5) is 14.6 Å². The number of hydrogen-bond acceptors (Lipinski definition) is 7. The van der Waals surface area contributed by atoms with Crippen LogP contribution in [0.25, 0.3) is 32.9 Å². The standard InChI is InChI=1S/C33H36F2N6O2S/c34-26-11-2-8-22-7-1-10-24(27(22)26)29-28(35)30-25(19-36-29)31(39-14-3-9-23(20-39)41-17-6-18-44(41)42)38-32(37-30)43-21-33-12-4-15-40(33)16-5-13-33/h1-2,7-8,10-11,19,23H,3-6,9,12-18,20-21H2. The van der Waals surface area contributed by atoms with E-state index < -0.39 is 22.6 Å². The summed E-state index contributed by atoms with van der Waals surface area (Å²) in [6.07, 6.45) is 8.84. The number of piperidine rings is 1. The number of hydrogen-bond donors (Lipinski definition) is 0. The van der Waals surface area contributed by atoms with E-state index in [1.165, 1.54) is 6.07 Å². The topological polar surface area (TPSA) is 74.7 Å². The third-order valence-corrected chi connectivity index (χ3v) is 11.7. The second kappa shape index (κ2) is 11.3. The fourth-order valence-corrected chi connectivity index (χ4v) is 9.41. The van der Waals surface area contributed by atoms with Crippen LogP contribution in [0.3, 0.4) is 0 Å². The van der Waals surface area contributed by atoms with Gasteiger partial charge in [-0.05, 0) is 69.5 Å². The van der Waals surface area contributed by atoms with E-state index in [9.17, 15) is 4.21 Å². The summed E-state index contributed by atoms with van der Waals surface area (Å²) in [5.74, 6) is 0.231. The van der Waals surface area contributed by atoms with E-state index in [2.05, 4.69) is 24.1 Å². The number of pyridine rings is 1. The molecule has 2 atom stereocenters. The van der Waals surface area contributed by atoms with Crippen molar-refractivity contribution in [1.82, 2.24) is 24.2 Å². The van der Waals surface area contributed by atoms with E-state index in [-0.39, 0.29) is 28.8 Å². The Hall–Kier alpha value is -3.28. The van der Waals surface area contributed by atoms with Gasteiger partial charge >= 0.3 is 6.01 Å². The fourth-order valence-electron chi connectivity index (χ4n) is 7.96. The number of halogens is 2. The van der Waals surface area contributed by atoms with Crippen molar-refractivity contribution < 1.29 is 17.7 Å². The van der Waals surface area contributed by atoms with E-state index in [1.807, 2.05) is 12.1 Å². The number of ether oxygens (including phenoxy) is 1. The van der Waals surface area contributed by atoms with Crippen LogP contribution in [0.15, 0.2) is 42.6 Å². The summed E-state index contributed by atoms with van der Waals surface area (Å²) in [6, 6.07) is 10.4. The smallest absolute Gasteiger partial charge is 0.319 e. The molecule has 4 aromatic rings. The second-order valence-corrected chi connectivity index (χ2v) is 14.1. The number of aromatic nitrogens is 3. The third kappa shape index (κ3) is 4.75. The SMILES string of the molecule is O=S1CCCN1C1CCCN(c2nc(OCC34CCCN3CCC4)nc3c(F)c(-c4cccc5cccc(F)c45)ncc23)C1. The molecule has 0 spiro atoms. The van der Waals surface area contributed by atoms with E-state index in [1.54, 1.807) is 24.4 Å². The van der Waals surface area contributed by atoms with Crippen LogP contribution in [0.2, 0.25) is 0 Å². The van der Waals surface area contributed by atoms with Gasteiger partial charge in [-0.2, -0.15) is 9.97 Å². The molecule has 44 heavy (non-hydrogen) atoms. The molecule has 0 radical (unpaired) electrons. The van der Waals surface area contributed by atoms with Crippen LogP contribution < -0.4 is 9.64 Å². The Kier molecular flexibility index (Phi) is 7.22. The molecule has 0 aliphatic carbocycles. The van der Waals surface area contributed by atoms with Gasteiger partial charge in [0, 0.05) is 48.6 Å². The summed E-state index contributed by atoms with van der Waals surface area (Å²) in [7, 11) is -0.969. The lowest BCUT2D eigenvalue weighted by molar-refractivity contribution is 0.108. The van der Waals surface area contributed by atoms with E-state index in [0.29, 0.717) is 46.4 Å². The van der Waals surface area contributed by atoms with Crippen LogP contribution >= 0.6 is 0 Å². The van der Waals surface area contributed by atoms with Crippen LogP contribution in [-0.2, 0) is 11.0 Å². The Morgan fingerprint density at radius 1 is 0.977 bits per heavy atom. The van der Waals surface area contributed by atoms with Gasteiger partial charge in [-0.25, -0.2) is 17.3 Å². The van der Waals surface area contributed by atoms with Crippen molar-refractivity contribution in [3.63, 3.8) is 0 Å². The zero-order valence-corrected chi connectivity index (χ0v) is 25.5. The van der Waals surface area contributed by atoms with Crippen molar-refractivity contribution in [3.8, 4) is 17.3 Å². The minimum atomic E-state index is -0.969. The first-order valence-electron chi connectivity index (χ1n) is 15.8. The van der Waals surface area contributed by atoms with Crippen LogP contribution in [-0.4, -0.2) is 85.0 Å². The van der Waals surface area contributed by atoms with Gasteiger partial charge in [0.2, 0.25) is 0 Å². The van der Waals surface area contributed by atoms with Gasteiger partial charge in [0.25, 0.3) is 0 Å². The fraction of sp³-hybridized carbons (Fsp3) is 0.485. The molecule has 4 fully saturated rings. The molecule has 0 saturated carbocycles. The Labute approximate surface area is 258 Å². The molecule has 4 aliphatic rings. The molecule has 2 aromatic carbocycles. The highest BCUT2D eigenvalue weighted by molar-refractivity contribution is 7.82. The molecule has 8 nitrogen and oxygen atoms in total. The first-order valence-corrected chi connectivity index (χ1v) is 17.1. The number of fused-ring (bicyclic) bond motifs is 3. The van der Waals surface area contributed by atoms with Crippen LogP contribution in [0, 0.1) is 11.6 Å². The maximum absolute atomic E-state index is 16.7. The van der Waals surface area contributed by atoms with Gasteiger partial charge < -0.3 is 9.64 Å². The van der Waals surface area contributed by atoms with E-state index in [0.717, 1.165) is 71.1 Å². The minimum absolute atomic E-state index is 0.0169. The highest BCUT2D eigenvalue weighted by Gasteiger charge is 2.45. The lowest BCUT2D eigenvalue weighted by Crippen LogP contribution is -2.47. The number of nitrogens with zero attached hydrogens (tertiary/aromatic N) is 6.